The van der Waals surface area contributed by atoms with Gasteiger partial charge in [-0.15, -0.1) is 11.3 Å². The van der Waals surface area contributed by atoms with Gasteiger partial charge >= 0.3 is 0 Å². The third kappa shape index (κ3) is 2.93. The van der Waals surface area contributed by atoms with Gasteiger partial charge in [-0.25, -0.2) is 4.98 Å². The maximum absolute atomic E-state index is 4.58. The summed E-state index contributed by atoms with van der Waals surface area (Å²) in [4.78, 5) is 4.58. The van der Waals surface area contributed by atoms with Crippen LogP contribution in [-0.2, 0) is 0 Å². The largest absolute Gasteiger partial charge is 0.305 e. The Bertz CT molecular complexity index is 473. The first-order valence-electron chi connectivity index (χ1n) is 5.92. The fourth-order valence-electron chi connectivity index (χ4n) is 1.87. The zero-order valence-corrected chi connectivity index (χ0v) is 11.3. The van der Waals surface area contributed by atoms with Crippen LogP contribution in [0.15, 0.2) is 29.6 Å². The summed E-state index contributed by atoms with van der Waals surface area (Å²) < 4.78 is 0. The highest BCUT2D eigenvalue weighted by Crippen LogP contribution is 2.23. The minimum absolute atomic E-state index is 0.213. The van der Waals surface area contributed by atoms with E-state index in [0.29, 0.717) is 0 Å². The van der Waals surface area contributed by atoms with Crippen LogP contribution in [0.5, 0.6) is 0 Å². The SMILES string of the molecule is CCNC(c1ccc(C)cc1)c1csc(C)n1. The van der Waals surface area contributed by atoms with Gasteiger partial charge in [-0.3, -0.25) is 0 Å². The van der Waals surface area contributed by atoms with Crippen molar-refractivity contribution >= 4 is 11.3 Å². The van der Waals surface area contributed by atoms with Crippen LogP contribution >= 0.6 is 11.3 Å². The molecule has 0 spiro atoms. The molecule has 0 saturated heterocycles. The van der Waals surface area contributed by atoms with E-state index >= 15 is 0 Å². The Kier molecular flexibility index (Phi) is 3.92. The molecule has 0 aliphatic heterocycles. The highest BCUT2D eigenvalue weighted by molar-refractivity contribution is 7.09. The molecule has 0 saturated carbocycles. The van der Waals surface area contributed by atoms with Crippen LogP contribution in [-0.4, -0.2) is 11.5 Å². The topological polar surface area (TPSA) is 24.9 Å². The molecule has 0 bridgehead atoms. The van der Waals surface area contributed by atoms with Crippen molar-refractivity contribution < 1.29 is 0 Å². The van der Waals surface area contributed by atoms with Gasteiger partial charge in [0, 0.05) is 5.38 Å². The van der Waals surface area contributed by atoms with E-state index in [1.807, 2.05) is 6.92 Å². The molecule has 1 unspecified atom stereocenters. The molecule has 0 fully saturated rings. The van der Waals surface area contributed by atoms with Gasteiger partial charge in [0.25, 0.3) is 0 Å². The number of aryl methyl sites for hydroxylation is 2. The first-order chi connectivity index (χ1) is 8.20. The Morgan fingerprint density at radius 1 is 1.24 bits per heavy atom. The van der Waals surface area contributed by atoms with Crippen molar-refractivity contribution in [3.05, 3.63) is 51.5 Å². The minimum Gasteiger partial charge on any atom is -0.305 e. The molecular weight excluding hydrogens is 228 g/mol. The van der Waals surface area contributed by atoms with Gasteiger partial charge in [-0.2, -0.15) is 0 Å². The number of thiazole rings is 1. The second-order valence-corrected chi connectivity index (χ2v) is 5.25. The molecule has 1 aromatic heterocycles. The van der Waals surface area contributed by atoms with Gasteiger partial charge in [-0.1, -0.05) is 36.8 Å². The van der Waals surface area contributed by atoms with E-state index in [1.54, 1.807) is 11.3 Å². The summed E-state index contributed by atoms with van der Waals surface area (Å²) in [6.45, 7) is 7.22. The van der Waals surface area contributed by atoms with Crippen molar-refractivity contribution in [3.63, 3.8) is 0 Å². The molecule has 0 aliphatic rings. The predicted molar refractivity (Wildman–Crippen MR) is 73.5 cm³/mol. The summed E-state index contributed by atoms with van der Waals surface area (Å²) in [6.07, 6.45) is 0. The quantitative estimate of drug-likeness (QED) is 0.893. The smallest absolute Gasteiger partial charge is 0.0898 e. The summed E-state index contributed by atoms with van der Waals surface area (Å²) >= 11 is 1.71. The molecule has 2 rings (SSSR count). The predicted octanol–water partition coefficient (Wildman–Crippen LogP) is 3.46. The summed E-state index contributed by atoms with van der Waals surface area (Å²) in [6, 6.07) is 8.87. The molecule has 0 radical (unpaired) electrons. The van der Waals surface area contributed by atoms with E-state index in [1.165, 1.54) is 11.1 Å². The van der Waals surface area contributed by atoms with Gasteiger partial charge in [0.2, 0.25) is 0 Å². The first kappa shape index (κ1) is 12.3. The van der Waals surface area contributed by atoms with Crippen LogP contribution in [0.2, 0.25) is 0 Å². The van der Waals surface area contributed by atoms with Gasteiger partial charge < -0.3 is 5.32 Å². The van der Waals surface area contributed by atoms with Gasteiger partial charge in [0.05, 0.1) is 16.7 Å². The molecule has 1 atom stereocenters. The zero-order valence-electron chi connectivity index (χ0n) is 10.5. The summed E-state index contributed by atoms with van der Waals surface area (Å²) in [5.74, 6) is 0. The normalized spacial score (nSPS) is 12.6. The number of rotatable bonds is 4. The van der Waals surface area contributed by atoms with Crippen molar-refractivity contribution in [2.75, 3.05) is 6.54 Å². The molecule has 1 N–H and O–H groups in total. The number of hydrogen-bond donors (Lipinski definition) is 1. The number of benzene rings is 1. The summed E-state index contributed by atoms with van der Waals surface area (Å²) in [5, 5.41) is 6.75. The van der Waals surface area contributed by atoms with Crippen molar-refractivity contribution in [1.82, 2.24) is 10.3 Å². The first-order valence-corrected chi connectivity index (χ1v) is 6.80. The molecule has 2 nitrogen and oxygen atoms in total. The van der Waals surface area contributed by atoms with E-state index in [9.17, 15) is 0 Å². The molecule has 1 aromatic carbocycles. The zero-order chi connectivity index (χ0) is 12.3. The lowest BCUT2D eigenvalue weighted by atomic mass is 10.0. The second-order valence-electron chi connectivity index (χ2n) is 4.19. The lowest BCUT2D eigenvalue weighted by Gasteiger charge is -2.16. The minimum atomic E-state index is 0.213. The summed E-state index contributed by atoms with van der Waals surface area (Å²) in [5.41, 5.74) is 3.69. The van der Waals surface area contributed by atoms with Crippen molar-refractivity contribution in [2.24, 2.45) is 0 Å². The molecule has 3 heteroatoms. The van der Waals surface area contributed by atoms with Crippen LogP contribution in [0.1, 0.15) is 34.8 Å². The molecule has 2 aromatic rings. The maximum atomic E-state index is 4.58. The van der Waals surface area contributed by atoms with E-state index < -0.39 is 0 Å². The van der Waals surface area contributed by atoms with Gasteiger partial charge in [-0.05, 0) is 26.0 Å². The summed E-state index contributed by atoms with van der Waals surface area (Å²) in [7, 11) is 0. The number of hydrogen-bond acceptors (Lipinski definition) is 3. The van der Waals surface area contributed by atoms with E-state index in [2.05, 4.69) is 53.8 Å². The second kappa shape index (κ2) is 5.43. The van der Waals surface area contributed by atoms with Crippen molar-refractivity contribution in [3.8, 4) is 0 Å². The third-order valence-corrected chi connectivity index (χ3v) is 3.54. The Morgan fingerprint density at radius 2 is 1.94 bits per heavy atom. The van der Waals surface area contributed by atoms with Crippen LogP contribution in [0.3, 0.4) is 0 Å². The highest BCUT2D eigenvalue weighted by atomic mass is 32.1. The average Bonchev–Trinajstić information content (AvgIpc) is 2.74. The molecule has 0 amide bonds. The van der Waals surface area contributed by atoms with Crippen LogP contribution < -0.4 is 5.32 Å². The van der Waals surface area contributed by atoms with Gasteiger partial charge in [0.1, 0.15) is 0 Å². The third-order valence-electron chi connectivity index (χ3n) is 2.75. The number of nitrogens with one attached hydrogen (secondary N) is 1. The molecule has 17 heavy (non-hydrogen) atoms. The van der Waals surface area contributed by atoms with Crippen molar-refractivity contribution in [2.45, 2.75) is 26.8 Å². The lowest BCUT2D eigenvalue weighted by molar-refractivity contribution is 0.617. The average molecular weight is 246 g/mol. The van der Waals surface area contributed by atoms with Crippen LogP contribution in [0.25, 0.3) is 0 Å². The number of nitrogens with zero attached hydrogens (tertiary/aromatic N) is 1. The van der Waals surface area contributed by atoms with E-state index in [0.717, 1.165) is 17.2 Å². The van der Waals surface area contributed by atoms with Crippen molar-refractivity contribution in [1.29, 1.82) is 0 Å². The molecular formula is C14H18N2S. The monoisotopic (exact) mass is 246 g/mol. The number of aromatic nitrogens is 1. The van der Waals surface area contributed by atoms with Gasteiger partial charge in [0.15, 0.2) is 0 Å². The lowest BCUT2D eigenvalue weighted by Crippen LogP contribution is -2.22. The standard InChI is InChI=1S/C14H18N2S/c1-4-15-14(13-9-17-11(3)16-13)12-7-5-10(2)6-8-12/h5-9,14-15H,4H2,1-3H3. The Balaban J connectivity index is 2.31. The fraction of sp³-hybridized carbons (Fsp3) is 0.357. The fourth-order valence-corrected chi connectivity index (χ4v) is 2.51. The Morgan fingerprint density at radius 3 is 2.47 bits per heavy atom. The highest BCUT2D eigenvalue weighted by Gasteiger charge is 2.15. The Hall–Kier alpha value is -1.19. The van der Waals surface area contributed by atoms with E-state index in [-0.39, 0.29) is 6.04 Å². The molecule has 1 heterocycles. The maximum Gasteiger partial charge on any atom is 0.0898 e. The molecule has 90 valence electrons. The van der Waals surface area contributed by atoms with Crippen LogP contribution in [0.4, 0.5) is 0 Å². The molecule has 0 aliphatic carbocycles. The Labute approximate surface area is 107 Å². The van der Waals surface area contributed by atoms with Crippen LogP contribution in [0, 0.1) is 13.8 Å². The van der Waals surface area contributed by atoms with E-state index in [4.69, 9.17) is 0 Å².